The van der Waals surface area contributed by atoms with Gasteiger partial charge in [0.25, 0.3) is 5.91 Å². The Hall–Kier alpha value is -3.41. The van der Waals surface area contributed by atoms with Gasteiger partial charge in [0.2, 0.25) is 5.71 Å². The highest BCUT2D eigenvalue weighted by atomic mass is 19.1. The fourth-order valence-corrected chi connectivity index (χ4v) is 2.58. The molecule has 2 aromatic carbocycles. The van der Waals surface area contributed by atoms with E-state index < -0.39 is 5.91 Å². The number of hydrogen-bond acceptors (Lipinski definition) is 4. The van der Waals surface area contributed by atoms with Crippen molar-refractivity contribution < 1.29 is 18.3 Å². The van der Waals surface area contributed by atoms with Gasteiger partial charge in [0, 0.05) is 16.5 Å². The molecule has 124 valence electrons. The summed E-state index contributed by atoms with van der Waals surface area (Å²) in [6.45, 7) is 0. The number of ether oxygens (including phenoxy) is 1. The lowest BCUT2D eigenvalue weighted by atomic mass is 10.2. The first-order valence-electron chi connectivity index (χ1n) is 7.58. The van der Waals surface area contributed by atoms with Crippen molar-refractivity contribution in [3.8, 4) is 5.75 Å². The number of fused-ring (bicyclic) bond motifs is 2. The second kappa shape index (κ2) is 5.90. The quantitative estimate of drug-likeness (QED) is 0.603. The average molecular weight is 336 g/mol. The van der Waals surface area contributed by atoms with Crippen molar-refractivity contribution >= 4 is 33.6 Å². The standard InChI is InChI=1S/C19H13FN2O3/c1-24-15-6-7-16-11(9-15)8-12-10-17(25-19(12)22-16)18(23)21-14-4-2-13(20)3-5-14/h2-10H,1H3,(H,21,23). The number of anilines is 1. The maximum absolute atomic E-state index is 12.9. The third-order valence-corrected chi connectivity index (χ3v) is 3.83. The number of aromatic nitrogens is 1. The van der Waals surface area contributed by atoms with Crippen molar-refractivity contribution in [3.63, 3.8) is 0 Å². The highest BCUT2D eigenvalue weighted by Crippen LogP contribution is 2.26. The molecule has 0 aliphatic heterocycles. The number of pyridine rings is 1. The molecule has 0 saturated heterocycles. The highest BCUT2D eigenvalue weighted by Gasteiger charge is 2.14. The summed E-state index contributed by atoms with van der Waals surface area (Å²) in [6, 6.07) is 14.5. The fraction of sp³-hybridized carbons (Fsp3) is 0.0526. The summed E-state index contributed by atoms with van der Waals surface area (Å²) in [6.07, 6.45) is 0. The second-order valence-corrected chi connectivity index (χ2v) is 5.51. The number of benzene rings is 2. The predicted octanol–water partition coefficient (Wildman–Crippen LogP) is 4.38. The van der Waals surface area contributed by atoms with Crippen LogP contribution in [-0.4, -0.2) is 18.0 Å². The van der Waals surface area contributed by atoms with Crippen LogP contribution in [0.3, 0.4) is 0 Å². The molecule has 1 N–H and O–H groups in total. The van der Waals surface area contributed by atoms with E-state index in [0.717, 1.165) is 16.7 Å². The van der Waals surface area contributed by atoms with Gasteiger partial charge in [-0.25, -0.2) is 9.37 Å². The Morgan fingerprint density at radius 1 is 1.08 bits per heavy atom. The van der Waals surface area contributed by atoms with Gasteiger partial charge in [-0.1, -0.05) is 0 Å². The number of halogens is 1. The molecule has 4 rings (SSSR count). The van der Waals surface area contributed by atoms with Gasteiger partial charge >= 0.3 is 0 Å². The average Bonchev–Trinajstić information content (AvgIpc) is 3.04. The minimum absolute atomic E-state index is 0.133. The SMILES string of the molecule is COc1ccc2nc3oc(C(=O)Nc4ccc(F)cc4)cc3cc2c1. The largest absolute Gasteiger partial charge is 0.497 e. The minimum atomic E-state index is -0.425. The van der Waals surface area contributed by atoms with E-state index in [1.807, 2.05) is 24.3 Å². The summed E-state index contributed by atoms with van der Waals surface area (Å²) in [5.41, 5.74) is 1.60. The molecule has 0 spiro atoms. The van der Waals surface area contributed by atoms with Crippen LogP contribution < -0.4 is 10.1 Å². The van der Waals surface area contributed by atoms with Gasteiger partial charge in [0.15, 0.2) is 5.76 Å². The predicted molar refractivity (Wildman–Crippen MR) is 92.4 cm³/mol. The third-order valence-electron chi connectivity index (χ3n) is 3.83. The first-order valence-corrected chi connectivity index (χ1v) is 7.58. The van der Waals surface area contributed by atoms with Crippen molar-refractivity contribution in [2.45, 2.75) is 0 Å². The van der Waals surface area contributed by atoms with Crippen molar-refractivity contribution in [2.75, 3.05) is 12.4 Å². The van der Waals surface area contributed by atoms with E-state index in [1.165, 1.54) is 24.3 Å². The lowest BCUT2D eigenvalue weighted by molar-refractivity contribution is 0.0998. The number of methoxy groups -OCH3 is 1. The van der Waals surface area contributed by atoms with Crippen LogP contribution in [-0.2, 0) is 0 Å². The lowest BCUT2D eigenvalue weighted by Crippen LogP contribution is -2.10. The minimum Gasteiger partial charge on any atom is -0.497 e. The number of nitrogens with one attached hydrogen (secondary N) is 1. The van der Waals surface area contributed by atoms with E-state index in [1.54, 1.807) is 13.2 Å². The summed E-state index contributed by atoms with van der Waals surface area (Å²) in [5.74, 6) is 0.0693. The maximum Gasteiger partial charge on any atom is 0.291 e. The number of nitrogens with zero attached hydrogens (tertiary/aromatic N) is 1. The van der Waals surface area contributed by atoms with Crippen LogP contribution in [0.5, 0.6) is 5.75 Å². The molecule has 0 saturated carbocycles. The Kier molecular flexibility index (Phi) is 3.57. The molecule has 1 amide bonds. The molecule has 0 aliphatic carbocycles. The summed E-state index contributed by atoms with van der Waals surface area (Å²) < 4.78 is 23.7. The molecule has 2 aromatic heterocycles. The van der Waals surface area contributed by atoms with Gasteiger partial charge in [0.1, 0.15) is 11.6 Å². The van der Waals surface area contributed by atoms with Crippen molar-refractivity contribution in [1.29, 1.82) is 0 Å². The Morgan fingerprint density at radius 3 is 2.64 bits per heavy atom. The number of hydrogen-bond donors (Lipinski definition) is 1. The normalized spacial score (nSPS) is 11.0. The van der Waals surface area contributed by atoms with Gasteiger partial charge in [-0.05, 0) is 54.6 Å². The summed E-state index contributed by atoms with van der Waals surface area (Å²) in [5, 5.41) is 4.26. The maximum atomic E-state index is 12.9. The molecule has 0 atom stereocenters. The van der Waals surface area contributed by atoms with Gasteiger partial charge < -0.3 is 14.5 Å². The van der Waals surface area contributed by atoms with Gasteiger partial charge in [-0.3, -0.25) is 4.79 Å². The Balaban J connectivity index is 1.68. The first kappa shape index (κ1) is 15.1. The summed E-state index contributed by atoms with van der Waals surface area (Å²) in [7, 11) is 1.60. The zero-order chi connectivity index (χ0) is 17.4. The molecule has 0 radical (unpaired) electrons. The fourth-order valence-electron chi connectivity index (χ4n) is 2.58. The van der Waals surface area contributed by atoms with Crippen LogP contribution in [0.2, 0.25) is 0 Å². The van der Waals surface area contributed by atoms with Crippen LogP contribution in [0, 0.1) is 5.82 Å². The van der Waals surface area contributed by atoms with Crippen molar-refractivity contribution in [2.24, 2.45) is 0 Å². The van der Waals surface area contributed by atoms with Gasteiger partial charge in [-0.15, -0.1) is 0 Å². The smallest absolute Gasteiger partial charge is 0.291 e. The van der Waals surface area contributed by atoms with E-state index >= 15 is 0 Å². The molecule has 5 nitrogen and oxygen atoms in total. The number of amides is 1. The molecule has 0 bridgehead atoms. The van der Waals surface area contributed by atoms with Crippen molar-refractivity contribution in [3.05, 3.63) is 66.2 Å². The molecular weight excluding hydrogens is 323 g/mol. The molecule has 0 aliphatic rings. The number of carbonyl (C=O) groups is 1. The molecular formula is C19H13FN2O3. The van der Waals surface area contributed by atoms with Gasteiger partial charge in [0.05, 0.1) is 12.6 Å². The van der Waals surface area contributed by atoms with Crippen molar-refractivity contribution in [1.82, 2.24) is 4.98 Å². The second-order valence-electron chi connectivity index (χ2n) is 5.51. The van der Waals surface area contributed by atoms with E-state index in [-0.39, 0.29) is 11.6 Å². The first-order chi connectivity index (χ1) is 12.1. The van der Waals surface area contributed by atoms with Gasteiger partial charge in [-0.2, -0.15) is 0 Å². The zero-order valence-electron chi connectivity index (χ0n) is 13.2. The molecule has 0 fully saturated rings. The third kappa shape index (κ3) is 2.89. The monoisotopic (exact) mass is 336 g/mol. The zero-order valence-corrected chi connectivity index (χ0v) is 13.2. The molecule has 0 unspecified atom stereocenters. The Bertz CT molecular complexity index is 1090. The topological polar surface area (TPSA) is 64.4 Å². The molecule has 25 heavy (non-hydrogen) atoms. The Labute approximate surface area is 142 Å². The molecule has 2 heterocycles. The highest BCUT2D eigenvalue weighted by molar-refractivity contribution is 6.05. The van der Waals surface area contributed by atoms with Crippen LogP contribution in [0.25, 0.3) is 22.0 Å². The lowest BCUT2D eigenvalue weighted by Gasteiger charge is -2.02. The molecule has 4 aromatic rings. The number of rotatable bonds is 3. The van der Waals surface area contributed by atoms with E-state index in [2.05, 4.69) is 10.3 Å². The Morgan fingerprint density at radius 2 is 1.88 bits per heavy atom. The number of furan rings is 1. The van der Waals surface area contributed by atoms with Crippen LogP contribution in [0.15, 0.2) is 59.0 Å². The van der Waals surface area contributed by atoms with E-state index in [0.29, 0.717) is 16.8 Å². The summed E-state index contributed by atoms with van der Waals surface area (Å²) >= 11 is 0. The van der Waals surface area contributed by atoms with E-state index in [9.17, 15) is 9.18 Å². The van der Waals surface area contributed by atoms with Crippen LogP contribution >= 0.6 is 0 Å². The van der Waals surface area contributed by atoms with Crippen LogP contribution in [0.4, 0.5) is 10.1 Å². The molecule has 6 heteroatoms. The number of carbonyl (C=O) groups excluding carboxylic acids is 1. The summed E-state index contributed by atoms with van der Waals surface area (Å²) in [4.78, 5) is 16.7. The van der Waals surface area contributed by atoms with E-state index in [4.69, 9.17) is 9.15 Å². The van der Waals surface area contributed by atoms with Crippen LogP contribution in [0.1, 0.15) is 10.6 Å².